The Kier molecular flexibility index (Phi) is 2.84. The number of hydrogen-bond acceptors (Lipinski definition) is 4. The van der Waals surface area contributed by atoms with Gasteiger partial charge in [-0.05, 0) is 0 Å². The van der Waals surface area contributed by atoms with E-state index in [2.05, 4.69) is 4.98 Å². The highest BCUT2D eigenvalue weighted by Gasteiger charge is 2.14. The summed E-state index contributed by atoms with van der Waals surface area (Å²) >= 11 is 0. The number of ether oxygens (including phenoxy) is 1. The summed E-state index contributed by atoms with van der Waals surface area (Å²) in [5.41, 5.74) is 0.109. The normalized spacial score (nSPS) is 11.2. The molecular formula is C10H14N4O3. The van der Waals surface area contributed by atoms with Crippen LogP contribution in [-0.2, 0) is 25.4 Å². The maximum Gasteiger partial charge on any atom is 0.332 e. The molecule has 0 N–H and O–H groups in total. The minimum absolute atomic E-state index is 0.239. The molecule has 0 atom stereocenters. The Labute approximate surface area is 96.9 Å². The van der Waals surface area contributed by atoms with Crippen LogP contribution in [0, 0.1) is 0 Å². The summed E-state index contributed by atoms with van der Waals surface area (Å²) in [4.78, 5) is 28.1. The fourth-order valence-electron chi connectivity index (χ4n) is 1.78. The van der Waals surface area contributed by atoms with E-state index < -0.39 is 0 Å². The maximum absolute atomic E-state index is 12.1. The lowest BCUT2D eigenvalue weighted by Gasteiger charge is -2.07. The van der Waals surface area contributed by atoms with Crippen molar-refractivity contribution in [2.45, 2.75) is 6.54 Å². The van der Waals surface area contributed by atoms with Gasteiger partial charge in [0.2, 0.25) is 0 Å². The Bertz CT molecular complexity index is 664. The van der Waals surface area contributed by atoms with Crippen molar-refractivity contribution in [3.05, 3.63) is 27.2 Å². The molecule has 0 aliphatic rings. The molecule has 0 bridgehead atoms. The van der Waals surface area contributed by atoms with Gasteiger partial charge in [0.15, 0.2) is 11.2 Å². The van der Waals surface area contributed by atoms with Gasteiger partial charge < -0.3 is 9.30 Å². The highest BCUT2D eigenvalue weighted by atomic mass is 16.5. The molecule has 0 saturated carbocycles. The number of aryl methyl sites for hydroxylation is 2. The molecule has 0 radical (unpaired) electrons. The summed E-state index contributed by atoms with van der Waals surface area (Å²) in [6, 6.07) is 0. The number of fused-ring (bicyclic) bond motifs is 1. The third kappa shape index (κ3) is 1.68. The maximum atomic E-state index is 12.1. The molecule has 7 nitrogen and oxygen atoms in total. The van der Waals surface area contributed by atoms with Crippen molar-refractivity contribution in [2.75, 3.05) is 13.7 Å². The molecular weight excluding hydrogens is 224 g/mol. The minimum atomic E-state index is -0.377. The van der Waals surface area contributed by atoms with E-state index in [0.717, 1.165) is 4.57 Å². The molecule has 0 amide bonds. The van der Waals surface area contributed by atoms with E-state index >= 15 is 0 Å². The van der Waals surface area contributed by atoms with Gasteiger partial charge in [0, 0.05) is 21.2 Å². The van der Waals surface area contributed by atoms with Crippen LogP contribution in [0.1, 0.15) is 0 Å². The Balaban J connectivity index is 2.80. The predicted molar refractivity (Wildman–Crippen MR) is 62.1 cm³/mol. The first-order valence-corrected chi connectivity index (χ1v) is 5.17. The van der Waals surface area contributed by atoms with Gasteiger partial charge >= 0.3 is 5.69 Å². The smallest absolute Gasteiger partial charge is 0.332 e. The van der Waals surface area contributed by atoms with E-state index in [9.17, 15) is 9.59 Å². The monoisotopic (exact) mass is 238 g/mol. The lowest BCUT2D eigenvalue weighted by molar-refractivity contribution is 0.184. The Morgan fingerprint density at radius 1 is 1.35 bits per heavy atom. The van der Waals surface area contributed by atoms with Crippen LogP contribution in [-0.4, -0.2) is 32.4 Å². The largest absolute Gasteiger partial charge is 0.383 e. The van der Waals surface area contributed by atoms with Crippen molar-refractivity contribution < 1.29 is 4.74 Å². The topological polar surface area (TPSA) is 71.1 Å². The summed E-state index contributed by atoms with van der Waals surface area (Å²) in [5.74, 6) is 0. The van der Waals surface area contributed by atoms with Crippen molar-refractivity contribution in [1.82, 2.24) is 18.7 Å². The molecule has 2 aromatic heterocycles. The van der Waals surface area contributed by atoms with Crippen molar-refractivity contribution >= 4 is 11.2 Å². The molecule has 0 spiro atoms. The number of hydrogen-bond donors (Lipinski definition) is 0. The molecule has 2 aromatic rings. The van der Waals surface area contributed by atoms with E-state index in [0.29, 0.717) is 17.8 Å². The molecule has 0 aromatic carbocycles. The second kappa shape index (κ2) is 4.17. The van der Waals surface area contributed by atoms with Crippen LogP contribution in [0.2, 0.25) is 0 Å². The van der Waals surface area contributed by atoms with Crippen molar-refractivity contribution in [3.8, 4) is 0 Å². The van der Waals surface area contributed by atoms with Crippen LogP contribution in [0.3, 0.4) is 0 Å². The van der Waals surface area contributed by atoms with Crippen LogP contribution >= 0.6 is 0 Å². The van der Waals surface area contributed by atoms with Crippen molar-refractivity contribution in [1.29, 1.82) is 0 Å². The summed E-state index contributed by atoms with van der Waals surface area (Å²) in [6.07, 6.45) is 1.52. The van der Waals surface area contributed by atoms with Gasteiger partial charge in [0.05, 0.1) is 19.5 Å². The van der Waals surface area contributed by atoms with Crippen LogP contribution in [0.5, 0.6) is 0 Å². The van der Waals surface area contributed by atoms with Gasteiger partial charge in [-0.25, -0.2) is 9.78 Å². The molecule has 7 heteroatoms. The van der Waals surface area contributed by atoms with Crippen LogP contribution in [0.15, 0.2) is 15.9 Å². The Morgan fingerprint density at radius 2 is 2.06 bits per heavy atom. The lowest BCUT2D eigenvalue weighted by Crippen LogP contribution is -2.40. The summed E-state index contributed by atoms with van der Waals surface area (Å²) < 4.78 is 9.03. The molecule has 2 rings (SSSR count). The van der Waals surface area contributed by atoms with E-state index in [1.165, 1.54) is 18.0 Å². The highest BCUT2D eigenvalue weighted by molar-refractivity contribution is 5.69. The first kappa shape index (κ1) is 11.6. The SMILES string of the molecule is COCCn1c(=O)c2c(ncn2C)n(C)c1=O. The Hall–Kier alpha value is -1.89. The fraction of sp³-hybridized carbons (Fsp3) is 0.500. The van der Waals surface area contributed by atoms with Gasteiger partial charge in [-0.3, -0.25) is 13.9 Å². The summed E-state index contributed by atoms with van der Waals surface area (Å²) in [5, 5.41) is 0. The number of rotatable bonds is 3. The van der Waals surface area contributed by atoms with E-state index in [1.54, 1.807) is 18.7 Å². The number of imidazole rings is 1. The fourth-order valence-corrected chi connectivity index (χ4v) is 1.78. The van der Waals surface area contributed by atoms with E-state index in [4.69, 9.17) is 4.74 Å². The van der Waals surface area contributed by atoms with E-state index in [1.807, 2.05) is 0 Å². The van der Waals surface area contributed by atoms with Gasteiger partial charge in [-0.2, -0.15) is 0 Å². The van der Waals surface area contributed by atoms with Crippen LogP contribution in [0.25, 0.3) is 11.2 Å². The van der Waals surface area contributed by atoms with E-state index in [-0.39, 0.29) is 17.8 Å². The van der Waals surface area contributed by atoms with Crippen LogP contribution in [0.4, 0.5) is 0 Å². The first-order chi connectivity index (χ1) is 8.07. The number of methoxy groups -OCH3 is 1. The van der Waals surface area contributed by atoms with Crippen LogP contribution < -0.4 is 11.2 Å². The second-order valence-electron chi connectivity index (χ2n) is 3.82. The molecule has 0 aliphatic carbocycles. The van der Waals surface area contributed by atoms with Gasteiger partial charge in [0.25, 0.3) is 5.56 Å². The summed E-state index contributed by atoms with van der Waals surface area (Å²) in [7, 11) is 4.85. The second-order valence-corrected chi connectivity index (χ2v) is 3.82. The Morgan fingerprint density at radius 3 is 2.71 bits per heavy atom. The lowest BCUT2D eigenvalue weighted by atomic mass is 10.5. The first-order valence-electron chi connectivity index (χ1n) is 5.17. The predicted octanol–water partition coefficient (Wildman–Crippen LogP) is -0.920. The zero-order chi connectivity index (χ0) is 12.6. The molecule has 0 aliphatic heterocycles. The molecule has 2 heterocycles. The van der Waals surface area contributed by atoms with Gasteiger partial charge in [-0.1, -0.05) is 0 Å². The number of aromatic nitrogens is 4. The minimum Gasteiger partial charge on any atom is -0.383 e. The van der Waals surface area contributed by atoms with Crippen molar-refractivity contribution in [3.63, 3.8) is 0 Å². The molecule has 0 saturated heterocycles. The number of nitrogens with zero attached hydrogens (tertiary/aromatic N) is 4. The third-order valence-corrected chi connectivity index (χ3v) is 2.72. The zero-order valence-electron chi connectivity index (χ0n) is 10.0. The van der Waals surface area contributed by atoms with Crippen molar-refractivity contribution in [2.24, 2.45) is 14.1 Å². The third-order valence-electron chi connectivity index (χ3n) is 2.72. The zero-order valence-corrected chi connectivity index (χ0v) is 10.0. The van der Waals surface area contributed by atoms with Gasteiger partial charge in [0.1, 0.15) is 0 Å². The highest BCUT2D eigenvalue weighted by Crippen LogP contribution is 2.02. The summed E-state index contributed by atoms with van der Waals surface area (Å²) in [6.45, 7) is 0.557. The quantitative estimate of drug-likeness (QED) is 0.693. The molecule has 17 heavy (non-hydrogen) atoms. The molecule has 0 fully saturated rings. The molecule has 0 unspecified atom stereocenters. The average Bonchev–Trinajstić information content (AvgIpc) is 2.69. The molecule has 92 valence electrons. The standard InChI is InChI=1S/C10H14N4O3/c1-12-6-11-8-7(12)9(15)14(4-5-17-3)10(16)13(8)2/h6H,4-5H2,1-3H3. The van der Waals surface area contributed by atoms with Gasteiger partial charge in [-0.15, -0.1) is 0 Å². The average molecular weight is 238 g/mol.